The number of hydrogen-bond acceptors (Lipinski definition) is 4. The Morgan fingerprint density at radius 1 is 1.11 bits per heavy atom. The number of halogens is 1. The normalized spacial score (nSPS) is 10.4. The average molecular weight is 430 g/mol. The van der Waals surface area contributed by atoms with Crippen molar-refractivity contribution in [1.82, 2.24) is 5.43 Å². The number of hydrazone groups is 1. The van der Waals surface area contributed by atoms with Crippen molar-refractivity contribution in [3.05, 3.63) is 71.2 Å². The predicted octanol–water partition coefficient (Wildman–Crippen LogP) is 3.88. The Kier molecular flexibility index (Phi) is 8.25. The Hall–Kier alpha value is -2.93. The predicted molar refractivity (Wildman–Crippen MR) is 110 cm³/mol. The van der Waals surface area contributed by atoms with Gasteiger partial charge in [0.2, 0.25) is 11.8 Å². The van der Waals surface area contributed by atoms with Crippen molar-refractivity contribution in [2.24, 2.45) is 5.10 Å². The Bertz CT molecular complexity index is 822. The lowest BCUT2D eigenvalue weighted by molar-refractivity contribution is -0.124. The van der Waals surface area contributed by atoms with Crippen LogP contribution in [0.25, 0.3) is 0 Å². The van der Waals surface area contributed by atoms with E-state index in [-0.39, 0.29) is 24.7 Å². The van der Waals surface area contributed by atoms with Gasteiger partial charge in [0.1, 0.15) is 12.4 Å². The molecule has 0 bridgehead atoms. The van der Waals surface area contributed by atoms with Crippen molar-refractivity contribution in [3.63, 3.8) is 0 Å². The molecule has 2 aromatic carbocycles. The van der Waals surface area contributed by atoms with Crippen LogP contribution in [0.3, 0.4) is 0 Å². The number of nitrogens with one attached hydrogen (secondary N) is 2. The highest BCUT2D eigenvalue weighted by molar-refractivity contribution is 9.10. The highest BCUT2D eigenvalue weighted by atomic mass is 79.9. The summed E-state index contributed by atoms with van der Waals surface area (Å²) in [6, 6.07) is 14.5. The van der Waals surface area contributed by atoms with Gasteiger partial charge < -0.3 is 10.1 Å². The summed E-state index contributed by atoms with van der Waals surface area (Å²) in [5, 5.41) is 6.63. The molecule has 0 aromatic heterocycles. The molecule has 0 unspecified atom stereocenters. The molecule has 0 fully saturated rings. The summed E-state index contributed by atoms with van der Waals surface area (Å²) >= 11 is 3.41. The minimum atomic E-state index is -0.334. The van der Waals surface area contributed by atoms with Crippen molar-refractivity contribution >= 4 is 39.6 Å². The van der Waals surface area contributed by atoms with Crippen LogP contribution in [-0.2, 0) is 9.59 Å². The highest BCUT2D eigenvalue weighted by Gasteiger charge is 2.06. The Morgan fingerprint density at radius 3 is 2.56 bits per heavy atom. The van der Waals surface area contributed by atoms with Gasteiger partial charge in [0.15, 0.2) is 0 Å². The lowest BCUT2D eigenvalue weighted by Crippen LogP contribution is -2.20. The largest absolute Gasteiger partial charge is 0.488 e. The van der Waals surface area contributed by atoms with Crippen molar-refractivity contribution in [2.45, 2.75) is 12.8 Å². The third-order valence-corrected chi connectivity index (χ3v) is 3.97. The van der Waals surface area contributed by atoms with E-state index in [1.165, 1.54) is 6.21 Å². The van der Waals surface area contributed by atoms with E-state index >= 15 is 0 Å². The number of amides is 2. The van der Waals surface area contributed by atoms with Crippen LogP contribution in [0, 0.1) is 0 Å². The molecule has 2 amide bonds. The van der Waals surface area contributed by atoms with E-state index in [1.54, 1.807) is 24.3 Å². The Labute approximate surface area is 166 Å². The van der Waals surface area contributed by atoms with E-state index in [2.05, 4.69) is 38.4 Å². The molecule has 2 rings (SSSR count). The number of para-hydroxylation sites is 1. The SMILES string of the molecule is C=CCOc1ccc(C=NNC(=O)CCC(=O)Nc2ccccc2)cc1Br. The topological polar surface area (TPSA) is 79.8 Å². The van der Waals surface area contributed by atoms with Gasteiger partial charge in [-0.1, -0.05) is 30.9 Å². The molecule has 2 aromatic rings. The zero-order chi connectivity index (χ0) is 19.5. The molecule has 0 atom stereocenters. The standard InChI is InChI=1S/C20H20BrN3O3/c1-2-12-27-18-9-8-15(13-17(18)21)14-22-24-20(26)11-10-19(25)23-16-6-4-3-5-7-16/h2-9,13-14H,1,10-12H2,(H,23,25)(H,24,26). The second-order valence-electron chi connectivity index (χ2n) is 5.50. The van der Waals surface area contributed by atoms with Crippen molar-refractivity contribution < 1.29 is 14.3 Å². The van der Waals surface area contributed by atoms with Crippen LogP contribution in [0.2, 0.25) is 0 Å². The van der Waals surface area contributed by atoms with Gasteiger partial charge in [0, 0.05) is 18.5 Å². The first-order chi connectivity index (χ1) is 13.1. The number of carbonyl (C=O) groups is 2. The summed E-state index contributed by atoms with van der Waals surface area (Å²) in [6.07, 6.45) is 3.31. The van der Waals surface area contributed by atoms with Crippen LogP contribution in [0.1, 0.15) is 18.4 Å². The van der Waals surface area contributed by atoms with E-state index in [9.17, 15) is 9.59 Å². The minimum Gasteiger partial charge on any atom is -0.488 e. The fraction of sp³-hybridized carbons (Fsp3) is 0.150. The third kappa shape index (κ3) is 7.45. The molecule has 140 valence electrons. The van der Waals surface area contributed by atoms with Gasteiger partial charge in [0.25, 0.3) is 0 Å². The van der Waals surface area contributed by atoms with E-state index in [0.717, 1.165) is 10.0 Å². The van der Waals surface area contributed by atoms with Gasteiger partial charge in [-0.05, 0) is 51.8 Å². The van der Waals surface area contributed by atoms with Crippen LogP contribution in [0.15, 0.2) is 70.8 Å². The quantitative estimate of drug-likeness (QED) is 0.360. The molecule has 6 nitrogen and oxygen atoms in total. The van der Waals surface area contributed by atoms with Crippen LogP contribution in [0.4, 0.5) is 5.69 Å². The monoisotopic (exact) mass is 429 g/mol. The summed E-state index contributed by atoms with van der Waals surface area (Å²) in [5.74, 6) is 0.138. The molecule has 0 saturated heterocycles. The number of benzene rings is 2. The van der Waals surface area contributed by atoms with E-state index < -0.39 is 0 Å². The summed E-state index contributed by atoms with van der Waals surface area (Å²) < 4.78 is 6.24. The van der Waals surface area contributed by atoms with Crippen molar-refractivity contribution in [1.29, 1.82) is 0 Å². The molecule has 7 heteroatoms. The number of carbonyl (C=O) groups excluding carboxylic acids is 2. The molecule has 0 radical (unpaired) electrons. The van der Waals surface area contributed by atoms with Gasteiger partial charge in [-0.2, -0.15) is 5.10 Å². The third-order valence-electron chi connectivity index (χ3n) is 3.35. The fourth-order valence-corrected chi connectivity index (χ4v) is 2.58. The number of rotatable bonds is 9. The van der Waals surface area contributed by atoms with Gasteiger partial charge in [-0.15, -0.1) is 0 Å². The molecule has 0 saturated carbocycles. The first-order valence-electron chi connectivity index (χ1n) is 8.28. The van der Waals surface area contributed by atoms with Crippen molar-refractivity contribution in [3.8, 4) is 5.75 Å². The highest BCUT2D eigenvalue weighted by Crippen LogP contribution is 2.25. The minimum absolute atomic E-state index is 0.0496. The number of nitrogens with zero attached hydrogens (tertiary/aromatic N) is 1. The maximum atomic E-state index is 11.8. The molecule has 0 aliphatic carbocycles. The van der Waals surface area contributed by atoms with E-state index in [1.807, 2.05) is 30.3 Å². The summed E-state index contributed by atoms with van der Waals surface area (Å²) in [5.41, 5.74) is 3.90. The second-order valence-corrected chi connectivity index (χ2v) is 6.35. The smallest absolute Gasteiger partial charge is 0.240 e. The van der Waals surface area contributed by atoms with Gasteiger partial charge in [0.05, 0.1) is 10.7 Å². The first kappa shape index (κ1) is 20.4. The van der Waals surface area contributed by atoms with Crippen LogP contribution in [-0.4, -0.2) is 24.6 Å². The van der Waals surface area contributed by atoms with E-state index in [0.29, 0.717) is 18.0 Å². The second kappa shape index (κ2) is 10.9. The molecule has 0 aliphatic rings. The maximum Gasteiger partial charge on any atom is 0.240 e. The molecule has 0 spiro atoms. The van der Waals surface area contributed by atoms with Gasteiger partial charge in [-0.25, -0.2) is 5.43 Å². The van der Waals surface area contributed by atoms with Gasteiger partial charge in [-0.3, -0.25) is 9.59 Å². The lowest BCUT2D eigenvalue weighted by Gasteiger charge is -2.06. The molecule has 0 aliphatic heterocycles. The molecular weight excluding hydrogens is 410 g/mol. The summed E-state index contributed by atoms with van der Waals surface area (Å²) in [7, 11) is 0. The zero-order valence-electron chi connectivity index (χ0n) is 14.7. The molecular formula is C20H20BrN3O3. The number of ether oxygens (including phenoxy) is 1. The molecule has 0 heterocycles. The van der Waals surface area contributed by atoms with Gasteiger partial charge >= 0.3 is 0 Å². The first-order valence-corrected chi connectivity index (χ1v) is 9.08. The van der Waals surface area contributed by atoms with E-state index in [4.69, 9.17) is 4.74 Å². The molecule has 27 heavy (non-hydrogen) atoms. The molecule has 2 N–H and O–H groups in total. The van der Waals surface area contributed by atoms with Crippen molar-refractivity contribution in [2.75, 3.05) is 11.9 Å². The summed E-state index contributed by atoms with van der Waals surface area (Å²) in [6.45, 7) is 4.02. The van der Waals surface area contributed by atoms with Crippen LogP contribution < -0.4 is 15.5 Å². The number of hydrogen-bond donors (Lipinski definition) is 2. The lowest BCUT2D eigenvalue weighted by atomic mass is 10.2. The number of anilines is 1. The van der Waals surface area contributed by atoms with Crippen LogP contribution in [0.5, 0.6) is 5.75 Å². The zero-order valence-corrected chi connectivity index (χ0v) is 16.2. The summed E-state index contributed by atoms with van der Waals surface area (Å²) in [4.78, 5) is 23.6. The average Bonchev–Trinajstić information content (AvgIpc) is 2.66. The van der Waals surface area contributed by atoms with Crippen LogP contribution >= 0.6 is 15.9 Å². The Morgan fingerprint density at radius 2 is 1.85 bits per heavy atom. The fourth-order valence-electron chi connectivity index (χ4n) is 2.07. The Balaban J connectivity index is 1.75. The maximum absolute atomic E-state index is 11.8.